The Morgan fingerprint density at radius 2 is 2.00 bits per heavy atom. The van der Waals surface area contributed by atoms with E-state index in [2.05, 4.69) is 31.0 Å². The Balaban J connectivity index is 2.65. The molecule has 0 bridgehead atoms. The third kappa shape index (κ3) is 4.19. The van der Waals surface area contributed by atoms with E-state index in [1.807, 2.05) is 6.92 Å². The number of nitrogens with one attached hydrogen (secondary N) is 1. The van der Waals surface area contributed by atoms with Crippen LogP contribution in [0.4, 0.5) is 0 Å². The average Bonchev–Trinajstić information content (AvgIpc) is 2.46. The molecule has 0 aromatic heterocycles. The van der Waals surface area contributed by atoms with Crippen molar-refractivity contribution in [1.29, 1.82) is 0 Å². The highest BCUT2D eigenvalue weighted by Gasteiger charge is 2.45. The van der Waals surface area contributed by atoms with Crippen molar-refractivity contribution in [3.05, 3.63) is 0 Å². The van der Waals surface area contributed by atoms with Crippen molar-refractivity contribution in [2.24, 2.45) is 5.92 Å². The zero-order chi connectivity index (χ0) is 15.0. The molecular formula is C16H32N2O2. The molecule has 0 aromatic rings. The minimum Gasteiger partial charge on any atom is -0.465 e. The summed E-state index contributed by atoms with van der Waals surface area (Å²) in [6.07, 6.45) is 4.35. The van der Waals surface area contributed by atoms with Gasteiger partial charge in [0.05, 0.1) is 6.61 Å². The molecule has 0 saturated heterocycles. The lowest BCUT2D eigenvalue weighted by atomic mass is 9.73. The molecule has 0 spiro atoms. The number of carbonyl (C=O) groups excluding carboxylic acids is 1. The number of esters is 1. The molecule has 2 atom stereocenters. The fraction of sp³-hybridized carbons (Fsp3) is 0.938. The smallest absolute Gasteiger partial charge is 0.326 e. The molecule has 1 aliphatic rings. The second-order valence-electron chi connectivity index (χ2n) is 5.79. The van der Waals surface area contributed by atoms with E-state index < -0.39 is 5.54 Å². The van der Waals surface area contributed by atoms with Crippen molar-refractivity contribution in [3.63, 3.8) is 0 Å². The molecule has 0 aromatic carbocycles. The number of likely N-dealkylation sites (N-methyl/N-ethyl adjacent to an activating group) is 1. The summed E-state index contributed by atoms with van der Waals surface area (Å²) in [6.45, 7) is 12.8. The predicted octanol–water partition coefficient (Wildman–Crippen LogP) is 2.43. The molecule has 1 aliphatic carbocycles. The number of ether oxygens (including phenoxy) is 1. The summed E-state index contributed by atoms with van der Waals surface area (Å²) in [6, 6.07) is 0. The molecule has 2 unspecified atom stereocenters. The van der Waals surface area contributed by atoms with Crippen LogP contribution < -0.4 is 5.32 Å². The van der Waals surface area contributed by atoms with Crippen LogP contribution in [0.5, 0.6) is 0 Å². The van der Waals surface area contributed by atoms with Crippen LogP contribution in [0.15, 0.2) is 0 Å². The van der Waals surface area contributed by atoms with Gasteiger partial charge in [-0.1, -0.05) is 33.6 Å². The summed E-state index contributed by atoms with van der Waals surface area (Å²) in [5, 5.41) is 3.55. The number of nitrogens with zero attached hydrogens (tertiary/aromatic N) is 1. The van der Waals surface area contributed by atoms with Gasteiger partial charge in [0.1, 0.15) is 5.54 Å². The highest BCUT2D eigenvalue weighted by Crippen LogP contribution is 2.34. The second kappa shape index (κ2) is 8.63. The molecule has 4 heteroatoms. The maximum Gasteiger partial charge on any atom is 0.326 e. The van der Waals surface area contributed by atoms with Crippen LogP contribution in [0.3, 0.4) is 0 Å². The van der Waals surface area contributed by atoms with Gasteiger partial charge in [-0.2, -0.15) is 0 Å². The summed E-state index contributed by atoms with van der Waals surface area (Å²) < 4.78 is 5.35. The SMILES string of the molecule is CCOC(=O)C1(NCCN(CC)CC)CCCCC1C. The first-order valence-electron chi connectivity index (χ1n) is 8.25. The molecule has 1 N–H and O–H groups in total. The van der Waals surface area contributed by atoms with Crippen molar-refractivity contribution >= 4 is 5.97 Å². The monoisotopic (exact) mass is 284 g/mol. The minimum atomic E-state index is -0.457. The molecule has 118 valence electrons. The van der Waals surface area contributed by atoms with Crippen molar-refractivity contribution in [3.8, 4) is 0 Å². The standard InChI is InChI=1S/C16H32N2O2/c1-5-18(6-2)13-12-17-16(15(19)20-7-3)11-9-8-10-14(16)4/h14,17H,5-13H2,1-4H3. The van der Waals surface area contributed by atoms with Crippen LogP contribution in [-0.4, -0.2) is 49.2 Å². The van der Waals surface area contributed by atoms with E-state index in [-0.39, 0.29) is 5.97 Å². The third-order valence-corrected chi connectivity index (χ3v) is 4.70. The second-order valence-corrected chi connectivity index (χ2v) is 5.79. The highest BCUT2D eigenvalue weighted by atomic mass is 16.5. The van der Waals surface area contributed by atoms with Crippen LogP contribution >= 0.6 is 0 Å². The summed E-state index contributed by atoms with van der Waals surface area (Å²) in [4.78, 5) is 14.8. The Labute approximate surface area is 124 Å². The van der Waals surface area contributed by atoms with Gasteiger partial charge in [0.25, 0.3) is 0 Å². The first kappa shape index (κ1) is 17.4. The Hall–Kier alpha value is -0.610. The van der Waals surface area contributed by atoms with Gasteiger partial charge in [0.15, 0.2) is 0 Å². The van der Waals surface area contributed by atoms with E-state index in [1.165, 1.54) is 6.42 Å². The van der Waals surface area contributed by atoms with Gasteiger partial charge in [-0.15, -0.1) is 0 Å². The Morgan fingerprint density at radius 1 is 1.30 bits per heavy atom. The molecule has 0 amide bonds. The number of hydrogen-bond acceptors (Lipinski definition) is 4. The first-order valence-corrected chi connectivity index (χ1v) is 8.25. The largest absolute Gasteiger partial charge is 0.465 e. The molecule has 20 heavy (non-hydrogen) atoms. The predicted molar refractivity (Wildman–Crippen MR) is 82.8 cm³/mol. The summed E-state index contributed by atoms with van der Waals surface area (Å²) in [7, 11) is 0. The van der Waals surface area contributed by atoms with Crippen LogP contribution in [-0.2, 0) is 9.53 Å². The summed E-state index contributed by atoms with van der Waals surface area (Å²) >= 11 is 0. The maximum atomic E-state index is 12.4. The molecule has 1 saturated carbocycles. The maximum absolute atomic E-state index is 12.4. The topological polar surface area (TPSA) is 41.6 Å². The van der Waals surface area contributed by atoms with Gasteiger partial charge in [-0.25, -0.2) is 0 Å². The fourth-order valence-electron chi connectivity index (χ4n) is 3.22. The van der Waals surface area contributed by atoms with Crippen molar-refractivity contribution in [1.82, 2.24) is 10.2 Å². The molecule has 1 fully saturated rings. The van der Waals surface area contributed by atoms with Crippen molar-refractivity contribution in [2.45, 2.75) is 58.9 Å². The van der Waals surface area contributed by atoms with Gasteiger partial charge in [0.2, 0.25) is 0 Å². The van der Waals surface area contributed by atoms with Crippen LogP contribution in [0.25, 0.3) is 0 Å². The van der Waals surface area contributed by atoms with Crippen molar-refractivity contribution < 1.29 is 9.53 Å². The van der Waals surface area contributed by atoms with Crippen molar-refractivity contribution in [2.75, 3.05) is 32.8 Å². The molecule has 0 heterocycles. The van der Waals surface area contributed by atoms with E-state index in [0.29, 0.717) is 12.5 Å². The van der Waals surface area contributed by atoms with E-state index in [4.69, 9.17) is 4.74 Å². The van der Waals surface area contributed by atoms with Crippen LogP contribution in [0.2, 0.25) is 0 Å². The lowest BCUT2D eigenvalue weighted by Crippen LogP contribution is -2.60. The van der Waals surface area contributed by atoms with Crippen LogP contribution in [0, 0.1) is 5.92 Å². The zero-order valence-corrected chi connectivity index (χ0v) is 13.7. The normalized spacial score (nSPS) is 26.8. The lowest BCUT2D eigenvalue weighted by Gasteiger charge is -2.41. The first-order chi connectivity index (χ1) is 9.60. The van der Waals surface area contributed by atoms with Gasteiger partial charge in [0, 0.05) is 13.1 Å². The summed E-state index contributed by atoms with van der Waals surface area (Å²) in [5.41, 5.74) is -0.457. The van der Waals surface area contributed by atoms with E-state index in [1.54, 1.807) is 0 Å². The quantitative estimate of drug-likeness (QED) is 0.695. The fourth-order valence-corrected chi connectivity index (χ4v) is 3.22. The average molecular weight is 284 g/mol. The Bertz CT molecular complexity index is 292. The minimum absolute atomic E-state index is 0.0493. The Morgan fingerprint density at radius 3 is 2.55 bits per heavy atom. The Kier molecular flexibility index (Phi) is 7.52. The van der Waals surface area contributed by atoms with E-state index in [9.17, 15) is 4.79 Å². The zero-order valence-electron chi connectivity index (χ0n) is 13.7. The molecule has 4 nitrogen and oxygen atoms in total. The van der Waals surface area contributed by atoms with E-state index in [0.717, 1.165) is 45.4 Å². The molecule has 1 rings (SSSR count). The molecule has 0 radical (unpaired) electrons. The van der Waals surface area contributed by atoms with Gasteiger partial charge >= 0.3 is 5.97 Å². The third-order valence-electron chi connectivity index (χ3n) is 4.70. The molecule has 0 aliphatic heterocycles. The highest BCUT2D eigenvalue weighted by molar-refractivity contribution is 5.81. The van der Waals surface area contributed by atoms with E-state index >= 15 is 0 Å². The number of carbonyl (C=O) groups is 1. The van der Waals surface area contributed by atoms with Gasteiger partial charge < -0.3 is 15.0 Å². The summed E-state index contributed by atoms with van der Waals surface area (Å²) in [5.74, 6) is 0.304. The molecular weight excluding hydrogens is 252 g/mol. The number of rotatable bonds is 8. The lowest BCUT2D eigenvalue weighted by molar-refractivity contribution is -0.155. The number of hydrogen-bond donors (Lipinski definition) is 1. The van der Waals surface area contributed by atoms with Gasteiger partial charge in [-0.3, -0.25) is 4.79 Å². The van der Waals surface area contributed by atoms with Crippen LogP contribution in [0.1, 0.15) is 53.4 Å². The van der Waals surface area contributed by atoms with Gasteiger partial charge in [-0.05, 0) is 38.8 Å².